The molecule has 0 saturated carbocycles. The Labute approximate surface area is 123 Å². The first kappa shape index (κ1) is 13.4. The van der Waals surface area contributed by atoms with Crippen LogP contribution in [0.5, 0.6) is 0 Å². The smallest absolute Gasteiger partial charge is 0.107 e. The van der Waals surface area contributed by atoms with Crippen molar-refractivity contribution in [2.75, 3.05) is 7.05 Å². The molecule has 0 fully saturated rings. The van der Waals surface area contributed by atoms with E-state index in [4.69, 9.17) is 23.2 Å². The SMILES string of the molecule is CNC(c1cc(Br)c(Cl)s1)c1ccccc1Cl. The Morgan fingerprint density at radius 2 is 2.00 bits per heavy atom. The quantitative estimate of drug-likeness (QED) is 0.809. The summed E-state index contributed by atoms with van der Waals surface area (Å²) >= 11 is 17.3. The van der Waals surface area contributed by atoms with Gasteiger partial charge < -0.3 is 5.32 Å². The highest BCUT2D eigenvalue weighted by atomic mass is 79.9. The van der Waals surface area contributed by atoms with Gasteiger partial charge in [-0.05, 0) is 40.7 Å². The Bertz CT molecular complexity index is 507. The predicted octanol–water partition coefficient (Wildman–Crippen LogP) is 5.13. The van der Waals surface area contributed by atoms with Gasteiger partial charge in [-0.1, -0.05) is 41.4 Å². The lowest BCUT2D eigenvalue weighted by molar-refractivity contribution is 0.704. The minimum Gasteiger partial charge on any atom is -0.309 e. The standard InChI is InChI=1S/C12H10BrCl2NS/c1-16-11(7-4-2-3-5-9(7)14)10-6-8(13)12(15)17-10/h2-6,11,16H,1H3. The van der Waals surface area contributed by atoms with Gasteiger partial charge in [-0.15, -0.1) is 11.3 Å². The summed E-state index contributed by atoms with van der Waals surface area (Å²) in [6.45, 7) is 0. The Hall–Kier alpha value is -0.0600. The van der Waals surface area contributed by atoms with Gasteiger partial charge in [-0.3, -0.25) is 0 Å². The highest BCUT2D eigenvalue weighted by Crippen LogP contribution is 2.38. The van der Waals surface area contributed by atoms with Crippen molar-refractivity contribution < 1.29 is 0 Å². The molecule has 90 valence electrons. The van der Waals surface area contributed by atoms with Crippen LogP contribution >= 0.6 is 50.5 Å². The van der Waals surface area contributed by atoms with Crippen molar-refractivity contribution in [3.63, 3.8) is 0 Å². The van der Waals surface area contributed by atoms with Gasteiger partial charge in [-0.25, -0.2) is 0 Å². The second-order valence-electron chi connectivity index (χ2n) is 3.51. The van der Waals surface area contributed by atoms with E-state index in [2.05, 4.69) is 21.2 Å². The van der Waals surface area contributed by atoms with E-state index in [0.717, 1.165) is 24.3 Å². The molecule has 1 nitrogen and oxygen atoms in total. The lowest BCUT2D eigenvalue weighted by Gasteiger charge is -2.16. The fraction of sp³-hybridized carbons (Fsp3) is 0.167. The molecule has 0 aliphatic heterocycles. The van der Waals surface area contributed by atoms with Gasteiger partial charge in [-0.2, -0.15) is 0 Å². The zero-order chi connectivity index (χ0) is 12.4. The fourth-order valence-electron chi connectivity index (χ4n) is 1.67. The number of hydrogen-bond acceptors (Lipinski definition) is 2. The molecule has 0 amide bonds. The molecule has 0 bridgehead atoms. The molecular weight excluding hydrogens is 341 g/mol. The van der Waals surface area contributed by atoms with Crippen molar-refractivity contribution in [2.45, 2.75) is 6.04 Å². The molecule has 0 saturated heterocycles. The van der Waals surface area contributed by atoms with E-state index in [0.29, 0.717) is 0 Å². The Balaban J connectivity index is 2.44. The molecule has 1 N–H and O–H groups in total. The second-order valence-corrected chi connectivity index (χ2v) is 6.46. The van der Waals surface area contributed by atoms with E-state index in [1.807, 2.05) is 37.4 Å². The van der Waals surface area contributed by atoms with Crippen molar-refractivity contribution >= 4 is 50.5 Å². The number of halogens is 3. The minimum absolute atomic E-state index is 0.0671. The molecule has 0 aliphatic carbocycles. The maximum Gasteiger partial charge on any atom is 0.107 e. The van der Waals surface area contributed by atoms with Crippen molar-refractivity contribution in [3.05, 3.63) is 54.6 Å². The van der Waals surface area contributed by atoms with Crippen LogP contribution < -0.4 is 5.32 Å². The van der Waals surface area contributed by atoms with Gasteiger partial charge in [0.1, 0.15) is 4.34 Å². The van der Waals surface area contributed by atoms with Crippen LogP contribution in [0.15, 0.2) is 34.8 Å². The van der Waals surface area contributed by atoms with E-state index in [1.54, 1.807) is 11.3 Å². The van der Waals surface area contributed by atoms with Gasteiger partial charge in [0.15, 0.2) is 0 Å². The van der Waals surface area contributed by atoms with Crippen LogP contribution in [0.4, 0.5) is 0 Å². The van der Waals surface area contributed by atoms with E-state index < -0.39 is 0 Å². The predicted molar refractivity (Wildman–Crippen MR) is 79.4 cm³/mol. The largest absolute Gasteiger partial charge is 0.309 e. The van der Waals surface area contributed by atoms with Crippen LogP contribution in [0.1, 0.15) is 16.5 Å². The highest BCUT2D eigenvalue weighted by molar-refractivity contribution is 9.10. The van der Waals surface area contributed by atoms with Crippen LogP contribution in [0, 0.1) is 0 Å². The van der Waals surface area contributed by atoms with Crippen molar-refractivity contribution in [3.8, 4) is 0 Å². The summed E-state index contributed by atoms with van der Waals surface area (Å²) < 4.78 is 1.68. The first-order valence-corrected chi connectivity index (χ1v) is 7.36. The van der Waals surface area contributed by atoms with Crippen molar-refractivity contribution in [1.29, 1.82) is 0 Å². The molecule has 2 aromatic rings. The normalized spacial score (nSPS) is 12.7. The van der Waals surface area contributed by atoms with E-state index >= 15 is 0 Å². The van der Waals surface area contributed by atoms with Crippen LogP contribution in [0.3, 0.4) is 0 Å². The van der Waals surface area contributed by atoms with Crippen LogP contribution in [0.25, 0.3) is 0 Å². The first-order chi connectivity index (χ1) is 8.13. The van der Waals surface area contributed by atoms with Gasteiger partial charge in [0, 0.05) is 14.4 Å². The topological polar surface area (TPSA) is 12.0 Å². The summed E-state index contributed by atoms with van der Waals surface area (Å²) in [5.74, 6) is 0. The summed E-state index contributed by atoms with van der Waals surface area (Å²) in [4.78, 5) is 1.14. The summed E-state index contributed by atoms with van der Waals surface area (Å²) in [6, 6.07) is 9.91. The summed E-state index contributed by atoms with van der Waals surface area (Å²) in [5.41, 5.74) is 1.06. The molecule has 2 rings (SSSR count). The lowest BCUT2D eigenvalue weighted by atomic mass is 10.1. The Morgan fingerprint density at radius 1 is 1.29 bits per heavy atom. The Morgan fingerprint density at radius 3 is 2.53 bits per heavy atom. The number of rotatable bonds is 3. The van der Waals surface area contributed by atoms with Crippen LogP contribution in [-0.2, 0) is 0 Å². The fourth-order valence-corrected chi connectivity index (χ4v) is 3.78. The molecule has 1 unspecified atom stereocenters. The van der Waals surface area contributed by atoms with Crippen molar-refractivity contribution in [2.24, 2.45) is 0 Å². The van der Waals surface area contributed by atoms with Crippen molar-refractivity contribution in [1.82, 2.24) is 5.32 Å². The molecule has 1 aromatic carbocycles. The molecule has 0 spiro atoms. The number of thiophene rings is 1. The van der Waals surface area contributed by atoms with E-state index in [-0.39, 0.29) is 6.04 Å². The van der Waals surface area contributed by atoms with Gasteiger partial charge >= 0.3 is 0 Å². The third-order valence-electron chi connectivity index (χ3n) is 2.45. The summed E-state index contributed by atoms with van der Waals surface area (Å²) in [5, 5.41) is 4.02. The molecule has 0 aliphatic rings. The molecule has 5 heteroatoms. The van der Waals surface area contributed by atoms with Crippen LogP contribution in [-0.4, -0.2) is 7.05 Å². The van der Waals surface area contributed by atoms with E-state index in [9.17, 15) is 0 Å². The molecular formula is C12H10BrCl2NS. The highest BCUT2D eigenvalue weighted by Gasteiger charge is 2.18. The second kappa shape index (κ2) is 5.72. The third kappa shape index (κ3) is 2.85. The summed E-state index contributed by atoms with van der Waals surface area (Å²) in [7, 11) is 1.91. The molecule has 1 heterocycles. The zero-order valence-electron chi connectivity index (χ0n) is 9.01. The zero-order valence-corrected chi connectivity index (χ0v) is 12.9. The Kier molecular flexibility index (Phi) is 4.50. The number of hydrogen-bond donors (Lipinski definition) is 1. The monoisotopic (exact) mass is 349 g/mol. The van der Waals surface area contributed by atoms with Crippen LogP contribution in [0.2, 0.25) is 9.36 Å². The lowest BCUT2D eigenvalue weighted by Crippen LogP contribution is -2.16. The summed E-state index contributed by atoms with van der Waals surface area (Å²) in [6.07, 6.45) is 0. The number of benzene rings is 1. The van der Waals surface area contributed by atoms with E-state index in [1.165, 1.54) is 0 Å². The first-order valence-electron chi connectivity index (χ1n) is 5.00. The average Bonchev–Trinajstić information content (AvgIpc) is 2.63. The molecule has 1 atom stereocenters. The maximum atomic E-state index is 6.21. The van der Waals surface area contributed by atoms with Gasteiger partial charge in [0.05, 0.1) is 6.04 Å². The van der Waals surface area contributed by atoms with Gasteiger partial charge in [0.2, 0.25) is 0 Å². The molecule has 1 aromatic heterocycles. The maximum absolute atomic E-state index is 6.21. The van der Waals surface area contributed by atoms with Gasteiger partial charge in [0.25, 0.3) is 0 Å². The molecule has 17 heavy (non-hydrogen) atoms. The number of nitrogens with one attached hydrogen (secondary N) is 1. The molecule has 0 radical (unpaired) electrons. The minimum atomic E-state index is 0.0671. The average molecular weight is 351 g/mol. The third-order valence-corrected chi connectivity index (χ3v) is 5.34.